The van der Waals surface area contributed by atoms with Gasteiger partial charge in [0.15, 0.2) is 16.0 Å². The molecule has 0 saturated heterocycles. The maximum atomic E-state index is 12.3. The van der Waals surface area contributed by atoms with Crippen molar-refractivity contribution in [1.82, 2.24) is 15.0 Å². The monoisotopic (exact) mass is 397 g/mol. The van der Waals surface area contributed by atoms with Crippen LogP contribution >= 0.6 is 22.7 Å². The molecule has 0 unspecified atom stereocenters. The normalized spacial score (nSPS) is 10.7. The molecule has 136 valence electrons. The number of aromatic nitrogens is 3. The Hall–Kier alpha value is -3.04. The lowest BCUT2D eigenvalue weighted by molar-refractivity contribution is -0.115. The predicted octanol–water partition coefficient (Wildman–Crippen LogP) is 4.49. The van der Waals surface area contributed by atoms with E-state index in [1.165, 1.54) is 22.7 Å². The lowest BCUT2D eigenvalue weighted by atomic mass is 10.3. The van der Waals surface area contributed by atoms with Crippen LogP contribution in [0.15, 0.2) is 51.8 Å². The van der Waals surface area contributed by atoms with Crippen LogP contribution in [0.5, 0.6) is 0 Å². The number of hydrogen-bond donors (Lipinski definition) is 2. The highest BCUT2D eigenvalue weighted by molar-refractivity contribution is 7.14. The van der Waals surface area contributed by atoms with Gasteiger partial charge in [0.05, 0.1) is 18.4 Å². The van der Waals surface area contributed by atoms with Crippen molar-refractivity contribution in [3.63, 3.8) is 0 Å². The summed E-state index contributed by atoms with van der Waals surface area (Å²) in [4.78, 5) is 25.4. The molecule has 9 heteroatoms. The van der Waals surface area contributed by atoms with E-state index >= 15 is 0 Å². The van der Waals surface area contributed by atoms with Gasteiger partial charge in [-0.2, -0.15) is 0 Å². The first-order valence-electron chi connectivity index (χ1n) is 8.10. The summed E-state index contributed by atoms with van der Waals surface area (Å²) in [7, 11) is 0. The van der Waals surface area contributed by atoms with Crippen molar-refractivity contribution >= 4 is 44.7 Å². The van der Waals surface area contributed by atoms with Crippen molar-refractivity contribution in [2.24, 2.45) is 0 Å². The van der Waals surface area contributed by atoms with Gasteiger partial charge in [0, 0.05) is 16.5 Å². The molecule has 1 amide bonds. The Kier molecular flexibility index (Phi) is 4.95. The van der Waals surface area contributed by atoms with Gasteiger partial charge in [-0.05, 0) is 31.2 Å². The van der Waals surface area contributed by atoms with E-state index in [0.29, 0.717) is 27.4 Å². The average Bonchev–Trinajstić information content (AvgIpc) is 3.36. The molecule has 4 aromatic heterocycles. The summed E-state index contributed by atoms with van der Waals surface area (Å²) in [6.45, 7) is 1.93. The van der Waals surface area contributed by atoms with Crippen molar-refractivity contribution in [1.29, 1.82) is 0 Å². The maximum Gasteiger partial charge on any atom is 0.232 e. The zero-order valence-electron chi connectivity index (χ0n) is 14.3. The van der Waals surface area contributed by atoms with Crippen LogP contribution in [0.25, 0.3) is 11.5 Å². The third kappa shape index (κ3) is 4.39. The minimum Gasteiger partial charge on any atom is -0.463 e. The molecule has 0 aliphatic heterocycles. The Balaban J connectivity index is 1.35. The summed E-state index contributed by atoms with van der Waals surface area (Å²) in [5, 5.41) is 10.9. The fourth-order valence-corrected chi connectivity index (χ4v) is 3.80. The molecular weight excluding hydrogens is 382 g/mol. The van der Waals surface area contributed by atoms with Gasteiger partial charge in [-0.1, -0.05) is 6.07 Å². The number of nitrogens with zero attached hydrogens (tertiary/aromatic N) is 3. The fraction of sp³-hybridized carbons (Fsp3) is 0.111. The van der Waals surface area contributed by atoms with E-state index in [4.69, 9.17) is 4.42 Å². The van der Waals surface area contributed by atoms with Crippen LogP contribution in [0.1, 0.15) is 11.4 Å². The van der Waals surface area contributed by atoms with E-state index in [9.17, 15) is 4.79 Å². The summed E-state index contributed by atoms with van der Waals surface area (Å²) in [6, 6.07) is 9.36. The number of amides is 1. The molecule has 0 atom stereocenters. The predicted molar refractivity (Wildman–Crippen MR) is 107 cm³/mol. The summed E-state index contributed by atoms with van der Waals surface area (Å²) >= 11 is 2.79. The number of rotatable bonds is 6. The number of aryl methyl sites for hydroxylation is 1. The summed E-state index contributed by atoms with van der Waals surface area (Å²) in [5.41, 5.74) is 2.31. The van der Waals surface area contributed by atoms with Gasteiger partial charge in [-0.3, -0.25) is 4.79 Å². The van der Waals surface area contributed by atoms with Crippen LogP contribution in [0.2, 0.25) is 0 Å². The molecule has 0 aliphatic rings. The Bertz CT molecular complexity index is 1060. The molecule has 0 spiro atoms. The second-order valence-corrected chi connectivity index (χ2v) is 7.39. The first kappa shape index (κ1) is 17.4. The van der Waals surface area contributed by atoms with Gasteiger partial charge in [0.1, 0.15) is 11.5 Å². The van der Waals surface area contributed by atoms with Crippen LogP contribution in [-0.4, -0.2) is 20.9 Å². The number of hydrogen-bond acceptors (Lipinski definition) is 8. The van der Waals surface area contributed by atoms with Crippen molar-refractivity contribution < 1.29 is 9.21 Å². The Labute approximate surface area is 163 Å². The second-order valence-electron chi connectivity index (χ2n) is 5.67. The largest absolute Gasteiger partial charge is 0.463 e. The van der Waals surface area contributed by atoms with Gasteiger partial charge in [-0.25, -0.2) is 15.0 Å². The zero-order valence-corrected chi connectivity index (χ0v) is 15.9. The van der Waals surface area contributed by atoms with Gasteiger partial charge < -0.3 is 15.1 Å². The smallest absolute Gasteiger partial charge is 0.232 e. The van der Waals surface area contributed by atoms with Gasteiger partial charge in [0.2, 0.25) is 5.91 Å². The molecule has 4 aromatic rings. The van der Waals surface area contributed by atoms with Gasteiger partial charge in [-0.15, -0.1) is 22.7 Å². The van der Waals surface area contributed by atoms with Crippen LogP contribution in [0.4, 0.5) is 16.1 Å². The Morgan fingerprint density at radius 3 is 2.78 bits per heavy atom. The molecule has 0 aromatic carbocycles. The number of carbonyl (C=O) groups excluding carboxylic acids is 1. The second kappa shape index (κ2) is 7.68. The number of carbonyl (C=O) groups is 1. The molecule has 4 heterocycles. The van der Waals surface area contributed by atoms with Crippen molar-refractivity contribution in [2.75, 3.05) is 10.6 Å². The molecule has 4 rings (SSSR count). The van der Waals surface area contributed by atoms with E-state index in [1.807, 2.05) is 41.9 Å². The van der Waals surface area contributed by atoms with Crippen LogP contribution in [0, 0.1) is 6.92 Å². The first-order valence-corrected chi connectivity index (χ1v) is 9.86. The minimum absolute atomic E-state index is 0.166. The minimum atomic E-state index is -0.166. The van der Waals surface area contributed by atoms with Crippen molar-refractivity contribution in [3.8, 4) is 11.5 Å². The Morgan fingerprint density at radius 2 is 1.96 bits per heavy atom. The number of thiazole rings is 2. The fourth-order valence-electron chi connectivity index (χ4n) is 2.36. The molecular formula is C18H15N5O2S2. The summed E-state index contributed by atoms with van der Waals surface area (Å²) in [5.74, 6) is 1.24. The maximum absolute atomic E-state index is 12.3. The van der Waals surface area contributed by atoms with Crippen LogP contribution in [0.3, 0.4) is 0 Å². The highest BCUT2D eigenvalue weighted by atomic mass is 32.1. The standard InChI is InChI=1S/C18H15N5O2S2/c1-11-4-2-6-15(19-11)22-17-20-12(9-26-17)8-16(24)23-18-21-13(10-27-18)14-5-3-7-25-14/h2-7,9-10H,8H2,1H3,(H,19,20,22)(H,21,23,24). The molecule has 0 aliphatic carbocycles. The van der Waals surface area contributed by atoms with E-state index in [2.05, 4.69) is 25.6 Å². The number of pyridine rings is 1. The lowest BCUT2D eigenvalue weighted by Gasteiger charge is -2.02. The van der Waals surface area contributed by atoms with E-state index in [1.54, 1.807) is 12.3 Å². The summed E-state index contributed by atoms with van der Waals surface area (Å²) < 4.78 is 5.30. The van der Waals surface area contributed by atoms with Gasteiger partial charge in [0.25, 0.3) is 0 Å². The SMILES string of the molecule is Cc1cccc(Nc2nc(CC(=O)Nc3nc(-c4ccco4)cs3)cs2)n1. The lowest BCUT2D eigenvalue weighted by Crippen LogP contribution is -2.14. The molecule has 0 saturated carbocycles. The molecule has 0 fully saturated rings. The van der Waals surface area contributed by atoms with E-state index < -0.39 is 0 Å². The van der Waals surface area contributed by atoms with Gasteiger partial charge >= 0.3 is 0 Å². The first-order chi connectivity index (χ1) is 13.2. The quantitative estimate of drug-likeness (QED) is 0.498. The van der Waals surface area contributed by atoms with Crippen molar-refractivity contribution in [3.05, 3.63) is 58.7 Å². The molecule has 2 N–H and O–H groups in total. The third-order valence-corrected chi connectivity index (χ3v) is 5.11. The van der Waals surface area contributed by atoms with E-state index in [-0.39, 0.29) is 12.3 Å². The van der Waals surface area contributed by atoms with Crippen LogP contribution < -0.4 is 10.6 Å². The number of furan rings is 1. The van der Waals surface area contributed by atoms with E-state index in [0.717, 1.165) is 11.5 Å². The third-order valence-electron chi connectivity index (χ3n) is 3.54. The molecule has 7 nitrogen and oxygen atoms in total. The number of nitrogens with one attached hydrogen (secondary N) is 2. The summed E-state index contributed by atoms with van der Waals surface area (Å²) in [6.07, 6.45) is 1.77. The number of anilines is 3. The molecule has 0 radical (unpaired) electrons. The van der Waals surface area contributed by atoms with Crippen LogP contribution in [-0.2, 0) is 11.2 Å². The highest BCUT2D eigenvalue weighted by Crippen LogP contribution is 2.25. The average molecular weight is 397 g/mol. The molecule has 27 heavy (non-hydrogen) atoms. The zero-order chi connectivity index (χ0) is 18.6. The van der Waals surface area contributed by atoms with Crippen molar-refractivity contribution in [2.45, 2.75) is 13.3 Å². The molecule has 0 bridgehead atoms. The highest BCUT2D eigenvalue weighted by Gasteiger charge is 2.12. The Morgan fingerprint density at radius 1 is 1.07 bits per heavy atom. The topological polar surface area (TPSA) is 92.9 Å².